The highest BCUT2D eigenvalue weighted by molar-refractivity contribution is 9.09. The van der Waals surface area contributed by atoms with Gasteiger partial charge in [-0.3, -0.25) is 4.79 Å². The van der Waals surface area contributed by atoms with Gasteiger partial charge in [0.25, 0.3) is 5.91 Å². The Labute approximate surface area is 132 Å². The van der Waals surface area contributed by atoms with Crippen molar-refractivity contribution in [3.63, 3.8) is 0 Å². The average molecular weight is 356 g/mol. The summed E-state index contributed by atoms with van der Waals surface area (Å²) < 4.78 is 14.1. The highest BCUT2D eigenvalue weighted by Gasteiger charge is 2.20. The smallest absolute Gasteiger partial charge is 0.253 e. The van der Waals surface area contributed by atoms with E-state index in [1.165, 1.54) is 6.07 Å². The zero-order chi connectivity index (χ0) is 15.2. The van der Waals surface area contributed by atoms with Gasteiger partial charge in [-0.2, -0.15) is 0 Å². The largest absolute Gasteiger partial charge is 0.339 e. The summed E-state index contributed by atoms with van der Waals surface area (Å²) >= 11 is 3.19. The number of carbonyl (C=O) groups excluding carboxylic acids is 2. The van der Waals surface area contributed by atoms with Gasteiger partial charge in [-0.15, -0.1) is 0 Å². The standard InChI is InChI=1S/C16H19BrFNO2/c17-10-13(11-20)14-6-5-12(9-15(14)18)16(21)19-7-3-1-2-4-8-19/h5-6,9,11,13H,1-4,7-8,10H2. The number of aldehydes is 1. The molecule has 0 aliphatic carbocycles. The van der Waals surface area contributed by atoms with E-state index in [0.717, 1.165) is 38.8 Å². The van der Waals surface area contributed by atoms with Gasteiger partial charge in [0.1, 0.15) is 12.1 Å². The Bertz CT molecular complexity index is 513. The van der Waals surface area contributed by atoms with Crippen LogP contribution in [0.4, 0.5) is 4.39 Å². The molecule has 1 fully saturated rings. The van der Waals surface area contributed by atoms with Crippen molar-refractivity contribution in [1.82, 2.24) is 4.90 Å². The molecule has 0 radical (unpaired) electrons. The Morgan fingerprint density at radius 1 is 1.29 bits per heavy atom. The van der Waals surface area contributed by atoms with Gasteiger partial charge in [0.15, 0.2) is 0 Å². The number of alkyl halides is 1. The van der Waals surface area contributed by atoms with E-state index in [1.807, 2.05) is 0 Å². The summed E-state index contributed by atoms with van der Waals surface area (Å²) in [4.78, 5) is 25.1. The van der Waals surface area contributed by atoms with Gasteiger partial charge in [-0.25, -0.2) is 4.39 Å². The van der Waals surface area contributed by atoms with Crippen LogP contribution in [0.2, 0.25) is 0 Å². The number of likely N-dealkylation sites (tertiary alicyclic amines) is 1. The molecule has 1 aromatic rings. The third-order valence-corrected chi connectivity index (χ3v) is 4.57. The molecule has 114 valence electrons. The Morgan fingerprint density at radius 2 is 1.95 bits per heavy atom. The predicted molar refractivity (Wildman–Crippen MR) is 83.4 cm³/mol. The molecule has 0 aromatic heterocycles. The minimum Gasteiger partial charge on any atom is -0.339 e. The lowest BCUT2D eigenvalue weighted by molar-refractivity contribution is -0.108. The summed E-state index contributed by atoms with van der Waals surface area (Å²) in [5.41, 5.74) is 0.687. The van der Waals surface area contributed by atoms with Gasteiger partial charge in [0, 0.05) is 24.0 Å². The van der Waals surface area contributed by atoms with E-state index in [-0.39, 0.29) is 5.91 Å². The summed E-state index contributed by atoms with van der Waals surface area (Å²) in [6.07, 6.45) is 5.00. The van der Waals surface area contributed by atoms with E-state index in [2.05, 4.69) is 15.9 Å². The molecular weight excluding hydrogens is 337 g/mol. The van der Waals surface area contributed by atoms with Crippen LogP contribution in [-0.2, 0) is 4.79 Å². The van der Waals surface area contributed by atoms with Crippen LogP contribution in [0.3, 0.4) is 0 Å². The summed E-state index contributed by atoms with van der Waals surface area (Å²) in [5.74, 6) is -1.14. The van der Waals surface area contributed by atoms with Gasteiger partial charge < -0.3 is 9.69 Å². The monoisotopic (exact) mass is 355 g/mol. The second-order valence-electron chi connectivity index (χ2n) is 5.34. The Hall–Kier alpha value is -1.23. The highest BCUT2D eigenvalue weighted by atomic mass is 79.9. The van der Waals surface area contributed by atoms with Crippen LogP contribution in [0.1, 0.15) is 47.5 Å². The second-order valence-corrected chi connectivity index (χ2v) is 5.99. The summed E-state index contributed by atoms with van der Waals surface area (Å²) in [6, 6.07) is 4.41. The lowest BCUT2D eigenvalue weighted by atomic mass is 10.00. The van der Waals surface area contributed by atoms with Crippen LogP contribution in [0, 0.1) is 5.82 Å². The fourth-order valence-corrected chi connectivity index (χ4v) is 3.11. The van der Waals surface area contributed by atoms with Crippen molar-refractivity contribution < 1.29 is 14.0 Å². The van der Waals surface area contributed by atoms with E-state index < -0.39 is 11.7 Å². The van der Waals surface area contributed by atoms with E-state index in [9.17, 15) is 14.0 Å². The highest BCUT2D eigenvalue weighted by Crippen LogP contribution is 2.22. The van der Waals surface area contributed by atoms with E-state index in [1.54, 1.807) is 17.0 Å². The SMILES string of the molecule is O=CC(CBr)c1ccc(C(=O)N2CCCCCC2)cc1F. The van der Waals surface area contributed by atoms with Gasteiger partial charge >= 0.3 is 0 Å². The molecule has 1 saturated heterocycles. The first-order valence-corrected chi connectivity index (χ1v) is 8.39. The Balaban J connectivity index is 2.18. The van der Waals surface area contributed by atoms with E-state index in [0.29, 0.717) is 22.7 Å². The number of benzene rings is 1. The molecule has 0 N–H and O–H groups in total. The number of hydrogen-bond acceptors (Lipinski definition) is 2. The molecular formula is C16H19BrFNO2. The topological polar surface area (TPSA) is 37.4 Å². The zero-order valence-electron chi connectivity index (χ0n) is 11.9. The zero-order valence-corrected chi connectivity index (χ0v) is 13.4. The van der Waals surface area contributed by atoms with Crippen LogP contribution in [-0.4, -0.2) is 35.5 Å². The van der Waals surface area contributed by atoms with Crippen LogP contribution in [0.5, 0.6) is 0 Å². The lowest BCUT2D eigenvalue weighted by Gasteiger charge is -2.20. The quantitative estimate of drug-likeness (QED) is 0.612. The molecule has 1 aliphatic heterocycles. The van der Waals surface area contributed by atoms with Crippen LogP contribution >= 0.6 is 15.9 Å². The fourth-order valence-electron chi connectivity index (χ4n) is 2.61. The number of carbonyl (C=O) groups is 2. The maximum Gasteiger partial charge on any atom is 0.253 e. The second kappa shape index (κ2) is 7.69. The summed E-state index contributed by atoms with van der Waals surface area (Å²) in [6.45, 7) is 1.47. The van der Waals surface area contributed by atoms with Crippen molar-refractivity contribution >= 4 is 28.1 Å². The number of rotatable bonds is 4. The summed E-state index contributed by atoms with van der Waals surface area (Å²) in [7, 11) is 0. The molecule has 1 unspecified atom stereocenters. The molecule has 0 bridgehead atoms. The van der Waals surface area contributed by atoms with Crippen LogP contribution < -0.4 is 0 Å². The van der Waals surface area contributed by atoms with Crippen molar-refractivity contribution in [2.45, 2.75) is 31.6 Å². The molecule has 1 atom stereocenters. The molecule has 1 aliphatic rings. The maximum atomic E-state index is 14.1. The minimum absolute atomic E-state index is 0.121. The van der Waals surface area contributed by atoms with Crippen molar-refractivity contribution in [2.24, 2.45) is 0 Å². The molecule has 1 heterocycles. The van der Waals surface area contributed by atoms with Gasteiger partial charge in [-0.05, 0) is 30.5 Å². The Morgan fingerprint density at radius 3 is 2.48 bits per heavy atom. The number of nitrogens with zero attached hydrogens (tertiary/aromatic N) is 1. The normalized spacial score (nSPS) is 17.1. The summed E-state index contributed by atoms with van der Waals surface area (Å²) in [5, 5.41) is 0.368. The Kier molecular flexibility index (Phi) is 5.91. The lowest BCUT2D eigenvalue weighted by Crippen LogP contribution is -2.31. The maximum absolute atomic E-state index is 14.1. The molecule has 5 heteroatoms. The molecule has 0 spiro atoms. The van der Waals surface area contributed by atoms with Crippen LogP contribution in [0.25, 0.3) is 0 Å². The first-order chi connectivity index (χ1) is 10.2. The molecule has 1 aromatic carbocycles. The van der Waals surface area contributed by atoms with Gasteiger partial charge in [0.05, 0.1) is 5.92 Å². The first kappa shape index (κ1) is 16.1. The fraction of sp³-hybridized carbons (Fsp3) is 0.500. The van der Waals surface area contributed by atoms with E-state index >= 15 is 0 Å². The molecule has 3 nitrogen and oxygen atoms in total. The third kappa shape index (κ3) is 3.90. The van der Waals surface area contributed by atoms with Crippen molar-refractivity contribution in [2.75, 3.05) is 18.4 Å². The van der Waals surface area contributed by atoms with Gasteiger partial charge in [0.2, 0.25) is 0 Å². The molecule has 1 amide bonds. The molecule has 21 heavy (non-hydrogen) atoms. The molecule has 0 saturated carbocycles. The number of halogens is 2. The number of hydrogen-bond donors (Lipinski definition) is 0. The number of amides is 1. The average Bonchev–Trinajstić information content (AvgIpc) is 2.78. The van der Waals surface area contributed by atoms with Gasteiger partial charge in [-0.1, -0.05) is 34.8 Å². The van der Waals surface area contributed by atoms with E-state index in [4.69, 9.17) is 0 Å². The van der Waals surface area contributed by atoms with Crippen molar-refractivity contribution in [1.29, 1.82) is 0 Å². The molecule has 2 rings (SSSR count). The first-order valence-electron chi connectivity index (χ1n) is 7.27. The van der Waals surface area contributed by atoms with Crippen molar-refractivity contribution in [3.8, 4) is 0 Å². The predicted octanol–water partition coefficient (Wildman–Crippen LogP) is 3.52. The minimum atomic E-state index is -0.521. The third-order valence-electron chi connectivity index (χ3n) is 3.87. The van der Waals surface area contributed by atoms with Crippen molar-refractivity contribution in [3.05, 3.63) is 35.1 Å². The van der Waals surface area contributed by atoms with Crippen LogP contribution in [0.15, 0.2) is 18.2 Å².